The number of benzene rings is 1. The van der Waals surface area contributed by atoms with Gasteiger partial charge in [0.1, 0.15) is 11.4 Å². The zero-order valence-corrected chi connectivity index (χ0v) is 17.1. The Morgan fingerprint density at radius 1 is 1.28 bits per heavy atom. The molecule has 3 heterocycles. The summed E-state index contributed by atoms with van der Waals surface area (Å²) in [6.45, 7) is 5.48. The van der Waals surface area contributed by atoms with Gasteiger partial charge in [-0.05, 0) is 32.0 Å². The smallest absolute Gasteiger partial charge is 0.272 e. The molecule has 1 aliphatic heterocycles. The molecule has 0 bridgehead atoms. The molecule has 1 fully saturated rings. The first-order valence-corrected chi connectivity index (χ1v) is 9.58. The van der Waals surface area contributed by atoms with E-state index in [9.17, 15) is 4.79 Å². The van der Waals surface area contributed by atoms with E-state index in [1.54, 1.807) is 31.1 Å². The van der Waals surface area contributed by atoms with Crippen molar-refractivity contribution in [2.45, 2.75) is 19.9 Å². The van der Waals surface area contributed by atoms with Gasteiger partial charge in [0.05, 0.1) is 37.7 Å². The van der Waals surface area contributed by atoms with Crippen LogP contribution in [0.5, 0.6) is 5.75 Å². The molecule has 152 valence electrons. The number of rotatable bonds is 4. The second-order valence-electron chi connectivity index (χ2n) is 7.13. The van der Waals surface area contributed by atoms with Crippen molar-refractivity contribution < 1.29 is 14.3 Å². The van der Waals surface area contributed by atoms with E-state index in [0.29, 0.717) is 25.5 Å². The third-order valence-electron chi connectivity index (χ3n) is 5.41. The fourth-order valence-electron chi connectivity index (χ4n) is 3.95. The van der Waals surface area contributed by atoms with Gasteiger partial charge in [-0.3, -0.25) is 9.48 Å². The van der Waals surface area contributed by atoms with Gasteiger partial charge >= 0.3 is 0 Å². The van der Waals surface area contributed by atoms with Crippen molar-refractivity contribution in [3.63, 3.8) is 0 Å². The number of ether oxygens (including phenoxy) is 2. The summed E-state index contributed by atoms with van der Waals surface area (Å²) < 4.78 is 14.6. The number of hydrogen-bond acceptors (Lipinski definition) is 5. The molecule has 8 heteroatoms. The van der Waals surface area contributed by atoms with Crippen molar-refractivity contribution in [2.75, 3.05) is 26.9 Å². The molecule has 1 atom stereocenters. The fourth-order valence-corrected chi connectivity index (χ4v) is 3.95. The number of aromatic nitrogens is 4. The quantitative estimate of drug-likeness (QED) is 0.678. The van der Waals surface area contributed by atoms with Crippen LogP contribution in [0.3, 0.4) is 0 Å². The van der Waals surface area contributed by atoms with Gasteiger partial charge in [0.15, 0.2) is 0 Å². The normalized spacial score (nSPS) is 16.8. The van der Waals surface area contributed by atoms with Crippen LogP contribution < -0.4 is 4.74 Å². The monoisotopic (exact) mass is 395 g/mol. The van der Waals surface area contributed by atoms with Gasteiger partial charge in [-0.2, -0.15) is 10.2 Å². The van der Waals surface area contributed by atoms with E-state index in [4.69, 9.17) is 14.6 Å². The van der Waals surface area contributed by atoms with Gasteiger partial charge in [0, 0.05) is 37.1 Å². The van der Waals surface area contributed by atoms with Gasteiger partial charge in [-0.1, -0.05) is 6.07 Å². The molecule has 1 saturated heterocycles. The predicted octanol–water partition coefficient (Wildman–Crippen LogP) is 2.44. The molecule has 0 spiro atoms. The Hall–Kier alpha value is -3.13. The number of aryl methyl sites for hydroxylation is 2. The largest absolute Gasteiger partial charge is 0.497 e. The number of amides is 1. The Kier molecular flexibility index (Phi) is 5.10. The molecule has 0 unspecified atom stereocenters. The lowest BCUT2D eigenvalue weighted by atomic mass is 10.0. The van der Waals surface area contributed by atoms with E-state index in [0.717, 1.165) is 28.4 Å². The highest BCUT2D eigenvalue weighted by atomic mass is 16.5. The number of morpholine rings is 1. The van der Waals surface area contributed by atoms with Crippen molar-refractivity contribution in [2.24, 2.45) is 7.05 Å². The first kappa shape index (κ1) is 19.2. The number of methoxy groups -OCH3 is 1. The molecule has 1 aliphatic rings. The maximum atomic E-state index is 13.2. The van der Waals surface area contributed by atoms with Crippen LogP contribution in [-0.2, 0) is 11.8 Å². The number of carbonyl (C=O) groups excluding carboxylic acids is 1. The van der Waals surface area contributed by atoms with Crippen LogP contribution in [0.15, 0.2) is 36.5 Å². The minimum absolute atomic E-state index is 0.0498. The molecule has 0 N–H and O–H groups in total. The zero-order chi connectivity index (χ0) is 20.5. The second kappa shape index (κ2) is 7.71. The predicted molar refractivity (Wildman–Crippen MR) is 107 cm³/mol. The summed E-state index contributed by atoms with van der Waals surface area (Å²) in [7, 11) is 3.42. The average Bonchev–Trinajstić information content (AvgIpc) is 3.30. The lowest BCUT2D eigenvalue weighted by molar-refractivity contribution is -0.00360. The summed E-state index contributed by atoms with van der Waals surface area (Å²) in [6.07, 6.45) is 1.64. The third-order valence-corrected chi connectivity index (χ3v) is 5.41. The molecule has 1 amide bonds. The number of nitrogens with zero attached hydrogens (tertiary/aromatic N) is 5. The molecule has 0 aliphatic carbocycles. The maximum Gasteiger partial charge on any atom is 0.272 e. The Morgan fingerprint density at radius 3 is 2.83 bits per heavy atom. The van der Waals surface area contributed by atoms with E-state index in [-0.39, 0.29) is 11.9 Å². The maximum absolute atomic E-state index is 13.2. The summed E-state index contributed by atoms with van der Waals surface area (Å²) in [5.74, 6) is 0.719. The van der Waals surface area contributed by atoms with Crippen LogP contribution in [0.2, 0.25) is 0 Å². The number of hydrogen-bond donors (Lipinski definition) is 0. The van der Waals surface area contributed by atoms with Gasteiger partial charge in [0.2, 0.25) is 0 Å². The lowest BCUT2D eigenvalue weighted by Crippen LogP contribution is -2.44. The van der Waals surface area contributed by atoms with Crippen LogP contribution in [0.1, 0.15) is 33.5 Å². The molecule has 0 radical (unpaired) electrons. The Balaban J connectivity index is 1.73. The number of carbonyl (C=O) groups is 1. The summed E-state index contributed by atoms with van der Waals surface area (Å²) >= 11 is 0. The summed E-state index contributed by atoms with van der Waals surface area (Å²) in [5.41, 5.74) is 4.35. The lowest BCUT2D eigenvalue weighted by Gasteiger charge is -2.36. The highest BCUT2D eigenvalue weighted by Gasteiger charge is 2.34. The molecule has 0 saturated carbocycles. The first-order chi connectivity index (χ1) is 14.0. The van der Waals surface area contributed by atoms with E-state index in [1.807, 2.05) is 47.7 Å². The van der Waals surface area contributed by atoms with Crippen molar-refractivity contribution in [3.8, 4) is 11.4 Å². The molecule has 4 rings (SSSR count). The van der Waals surface area contributed by atoms with Crippen molar-refractivity contribution in [1.29, 1.82) is 0 Å². The van der Waals surface area contributed by atoms with Gasteiger partial charge in [0.25, 0.3) is 5.91 Å². The summed E-state index contributed by atoms with van der Waals surface area (Å²) in [4.78, 5) is 15.1. The minimum Gasteiger partial charge on any atom is -0.497 e. The van der Waals surface area contributed by atoms with Crippen molar-refractivity contribution in [1.82, 2.24) is 24.5 Å². The molecular formula is C21H25N5O3. The standard InChI is InChI=1S/C21H25N5O3/c1-14-20(15(2)26(23-14)16-6-5-7-17(12-16)28-4)19-13-29-11-10-25(19)21(27)18-8-9-22-24(18)3/h5-9,12,19H,10-11,13H2,1-4H3/t19-/m1/s1. The third kappa shape index (κ3) is 3.40. The molecule has 1 aromatic carbocycles. The van der Waals surface area contributed by atoms with E-state index < -0.39 is 0 Å². The molecule has 3 aromatic rings. The Bertz CT molecular complexity index is 1040. The highest BCUT2D eigenvalue weighted by molar-refractivity contribution is 5.93. The molecule has 2 aromatic heterocycles. The van der Waals surface area contributed by atoms with Crippen LogP contribution in [0, 0.1) is 13.8 Å². The van der Waals surface area contributed by atoms with Gasteiger partial charge < -0.3 is 14.4 Å². The molecule has 29 heavy (non-hydrogen) atoms. The fraction of sp³-hybridized carbons (Fsp3) is 0.381. The average molecular weight is 395 g/mol. The Labute approximate surface area is 169 Å². The zero-order valence-electron chi connectivity index (χ0n) is 17.1. The SMILES string of the molecule is COc1cccc(-n2nc(C)c([C@H]3COCCN3C(=O)c3ccnn3C)c2C)c1. The van der Waals surface area contributed by atoms with E-state index in [1.165, 1.54) is 0 Å². The van der Waals surface area contributed by atoms with Crippen LogP contribution in [-0.4, -0.2) is 57.2 Å². The molecular weight excluding hydrogens is 370 g/mol. The van der Waals surface area contributed by atoms with Crippen molar-refractivity contribution in [3.05, 3.63) is 59.2 Å². The van der Waals surface area contributed by atoms with Crippen molar-refractivity contribution >= 4 is 5.91 Å². The topological polar surface area (TPSA) is 74.4 Å². The highest BCUT2D eigenvalue weighted by Crippen LogP contribution is 2.32. The Morgan fingerprint density at radius 2 is 2.10 bits per heavy atom. The van der Waals surface area contributed by atoms with E-state index >= 15 is 0 Å². The van der Waals surface area contributed by atoms with Gasteiger partial charge in [-0.25, -0.2) is 4.68 Å². The first-order valence-electron chi connectivity index (χ1n) is 9.58. The van der Waals surface area contributed by atoms with Crippen LogP contribution in [0.25, 0.3) is 5.69 Å². The summed E-state index contributed by atoms with van der Waals surface area (Å²) in [5, 5.41) is 8.89. The van der Waals surface area contributed by atoms with Gasteiger partial charge in [-0.15, -0.1) is 0 Å². The molecule has 8 nitrogen and oxygen atoms in total. The summed E-state index contributed by atoms with van der Waals surface area (Å²) in [6, 6.07) is 9.31. The second-order valence-corrected chi connectivity index (χ2v) is 7.13. The van der Waals surface area contributed by atoms with Crippen LogP contribution in [0.4, 0.5) is 0 Å². The van der Waals surface area contributed by atoms with Crippen LogP contribution >= 0.6 is 0 Å². The minimum atomic E-state index is -0.203. The van der Waals surface area contributed by atoms with E-state index in [2.05, 4.69) is 5.10 Å².